The second kappa shape index (κ2) is 5.41. The second-order valence-corrected chi connectivity index (χ2v) is 5.24. The zero-order chi connectivity index (χ0) is 11.4. The number of aromatic nitrogens is 2. The number of hydrogen-bond donors (Lipinski definition) is 1. The van der Waals surface area contributed by atoms with E-state index in [4.69, 9.17) is 0 Å². The Morgan fingerprint density at radius 3 is 3.00 bits per heavy atom. The van der Waals surface area contributed by atoms with Gasteiger partial charge in [-0.25, -0.2) is 0 Å². The minimum Gasteiger partial charge on any atom is -0.360 e. The SMILES string of the molecule is CCCNc1nnc(-c2cccc(Br)c2)s1. The predicted molar refractivity (Wildman–Crippen MR) is 71.8 cm³/mol. The van der Waals surface area contributed by atoms with E-state index in [1.807, 2.05) is 24.3 Å². The van der Waals surface area contributed by atoms with Crippen LogP contribution < -0.4 is 5.32 Å². The Balaban J connectivity index is 2.18. The predicted octanol–water partition coefficient (Wildman–Crippen LogP) is 3.79. The first-order valence-electron chi connectivity index (χ1n) is 5.13. The van der Waals surface area contributed by atoms with Gasteiger partial charge >= 0.3 is 0 Å². The average Bonchev–Trinajstić information content (AvgIpc) is 2.75. The van der Waals surface area contributed by atoms with Crippen LogP contribution in [-0.4, -0.2) is 16.7 Å². The molecule has 2 rings (SSSR count). The van der Waals surface area contributed by atoms with Gasteiger partial charge in [0.15, 0.2) is 0 Å². The van der Waals surface area contributed by atoms with Gasteiger partial charge < -0.3 is 5.32 Å². The zero-order valence-corrected chi connectivity index (χ0v) is 11.3. The summed E-state index contributed by atoms with van der Waals surface area (Å²) in [6, 6.07) is 8.08. The molecule has 0 unspecified atom stereocenters. The van der Waals surface area contributed by atoms with Crippen LogP contribution in [0.2, 0.25) is 0 Å². The van der Waals surface area contributed by atoms with Gasteiger partial charge in [0, 0.05) is 16.6 Å². The molecule has 0 aliphatic carbocycles. The summed E-state index contributed by atoms with van der Waals surface area (Å²) in [5.74, 6) is 0. The smallest absolute Gasteiger partial charge is 0.206 e. The van der Waals surface area contributed by atoms with Crippen LogP contribution >= 0.6 is 27.3 Å². The van der Waals surface area contributed by atoms with Gasteiger partial charge in [0.25, 0.3) is 0 Å². The first kappa shape index (κ1) is 11.5. The number of nitrogens with one attached hydrogen (secondary N) is 1. The van der Waals surface area contributed by atoms with E-state index >= 15 is 0 Å². The maximum absolute atomic E-state index is 4.17. The fourth-order valence-electron chi connectivity index (χ4n) is 1.26. The van der Waals surface area contributed by atoms with Gasteiger partial charge in [-0.05, 0) is 18.6 Å². The molecule has 0 radical (unpaired) electrons. The third-order valence-corrected chi connectivity index (χ3v) is 3.45. The van der Waals surface area contributed by atoms with E-state index < -0.39 is 0 Å². The summed E-state index contributed by atoms with van der Waals surface area (Å²) in [6.07, 6.45) is 1.09. The lowest BCUT2D eigenvalue weighted by molar-refractivity contribution is 0.964. The van der Waals surface area contributed by atoms with E-state index in [9.17, 15) is 0 Å². The molecule has 1 aromatic carbocycles. The van der Waals surface area contributed by atoms with Gasteiger partial charge in [-0.1, -0.05) is 46.3 Å². The summed E-state index contributed by atoms with van der Waals surface area (Å²) in [7, 11) is 0. The van der Waals surface area contributed by atoms with E-state index in [2.05, 4.69) is 38.4 Å². The van der Waals surface area contributed by atoms with Crippen molar-refractivity contribution in [3.63, 3.8) is 0 Å². The third kappa shape index (κ3) is 2.80. The van der Waals surface area contributed by atoms with Gasteiger partial charge in [-0.15, -0.1) is 10.2 Å². The molecule has 0 atom stereocenters. The van der Waals surface area contributed by atoms with Crippen molar-refractivity contribution >= 4 is 32.4 Å². The number of nitrogens with zero attached hydrogens (tertiary/aromatic N) is 2. The van der Waals surface area contributed by atoms with Crippen LogP contribution in [0.3, 0.4) is 0 Å². The lowest BCUT2D eigenvalue weighted by Gasteiger charge is -1.96. The molecule has 84 valence electrons. The summed E-state index contributed by atoms with van der Waals surface area (Å²) in [5, 5.41) is 13.3. The van der Waals surface area contributed by atoms with Crippen molar-refractivity contribution < 1.29 is 0 Å². The Bertz CT molecular complexity index is 470. The minimum atomic E-state index is 0.886. The van der Waals surface area contributed by atoms with Gasteiger partial charge in [0.2, 0.25) is 5.13 Å². The van der Waals surface area contributed by atoms with E-state index in [1.165, 1.54) is 0 Å². The molecule has 1 N–H and O–H groups in total. The molecular weight excluding hydrogens is 286 g/mol. The summed E-state index contributed by atoms with van der Waals surface area (Å²) in [5.41, 5.74) is 1.09. The Kier molecular flexibility index (Phi) is 3.90. The van der Waals surface area contributed by atoms with E-state index in [-0.39, 0.29) is 0 Å². The molecule has 5 heteroatoms. The summed E-state index contributed by atoms with van der Waals surface area (Å²) >= 11 is 5.03. The van der Waals surface area contributed by atoms with E-state index in [0.717, 1.165) is 33.1 Å². The average molecular weight is 298 g/mol. The van der Waals surface area contributed by atoms with E-state index in [1.54, 1.807) is 11.3 Å². The quantitative estimate of drug-likeness (QED) is 0.933. The molecule has 0 spiro atoms. The van der Waals surface area contributed by atoms with Crippen LogP contribution in [0.15, 0.2) is 28.7 Å². The largest absolute Gasteiger partial charge is 0.360 e. The molecule has 0 bridgehead atoms. The molecule has 2 aromatic rings. The molecule has 3 nitrogen and oxygen atoms in total. The van der Waals surface area contributed by atoms with Crippen LogP contribution in [0.25, 0.3) is 10.6 Å². The Morgan fingerprint density at radius 2 is 2.25 bits per heavy atom. The molecule has 1 aromatic heterocycles. The van der Waals surface area contributed by atoms with Crippen LogP contribution in [0.4, 0.5) is 5.13 Å². The van der Waals surface area contributed by atoms with Crippen LogP contribution in [0.5, 0.6) is 0 Å². The first-order valence-corrected chi connectivity index (χ1v) is 6.74. The molecule has 1 heterocycles. The Labute approximate surface area is 107 Å². The van der Waals surface area contributed by atoms with Gasteiger partial charge in [-0.2, -0.15) is 0 Å². The third-order valence-electron chi connectivity index (χ3n) is 2.02. The normalized spacial score (nSPS) is 10.4. The highest BCUT2D eigenvalue weighted by molar-refractivity contribution is 9.10. The van der Waals surface area contributed by atoms with Crippen molar-refractivity contribution in [1.82, 2.24) is 10.2 Å². The fraction of sp³-hybridized carbons (Fsp3) is 0.273. The Morgan fingerprint density at radius 1 is 1.38 bits per heavy atom. The number of anilines is 1. The fourth-order valence-corrected chi connectivity index (χ4v) is 2.43. The van der Waals surface area contributed by atoms with Crippen molar-refractivity contribution in [2.75, 3.05) is 11.9 Å². The van der Waals surface area contributed by atoms with Crippen LogP contribution in [-0.2, 0) is 0 Å². The number of halogens is 1. The number of hydrogen-bond acceptors (Lipinski definition) is 4. The zero-order valence-electron chi connectivity index (χ0n) is 8.90. The molecule has 0 aliphatic rings. The Hall–Kier alpha value is -0.940. The highest BCUT2D eigenvalue weighted by Crippen LogP contribution is 2.27. The van der Waals surface area contributed by atoms with Crippen molar-refractivity contribution in [3.8, 4) is 10.6 Å². The van der Waals surface area contributed by atoms with Gasteiger partial charge in [-0.3, -0.25) is 0 Å². The molecule has 16 heavy (non-hydrogen) atoms. The van der Waals surface area contributed by atoms with Gasteiger partial charge in [0.1, 0.15) is 5.01 Å². The number of benzene rings is 1. The van der Waals surface area contributed by atoms with Crippen LogP contribution in [0.1, 0.15) is 13.3 Å². The lowest BCUT2D eigenvalue weighted by atomic mass is 10.2. The lowest BCUT2D eigenvalue weighted by Crippen LogP contribution is -1.98. The topological polar surface area (TPSA) is 37.8 Å². The van der Waals surface area contributed by atoms with Gasteiger partial charge in [0.05, 0.1) is 0 Å². The molecule has 0 saturated carbocycles. The van der Waals surface area contributed by atoms with E-state index in [0.29, 0.717) is 0 Å². The maximum Gasteiger partial charge on any atom is 0.206 e. The standard InChI is InChI=1S/C11H12BrN3S/c1-2-6-13-11-15-14-10(16-11)8-4-3-5-9(12)7-8/h3-5,7H,2,6H2,1H3,(H,13,15). The highest BCUT2D eigenvalue weighted by Gasteiger charge is 2.05. The molecule has 0 aliphatic heterocycles. The first-order chi connectivity index (χ1) is 7.79. The number of rotatable bonds is 4. The maximum atomic E-state index is 4.17. The summed E-state index contributed by atoms with van der Waals surface area (Å²) in [4.78, 5) is 0. The summed E-state index contributed by atoms with van der Waals surface area (Å²) in [6.45, 7) is 3.07. The highest BCUT2D eigenvalue weighted by atomic mass is 79.9. The van der Waals surface area contributed by atoms with Crippen molar-refractivity contribution in [1.29, 1.82) is 0 Å². The minimum absolute atomic E-state index is 0.886. The van der Waals surface area contributed by atoms with Crippen molar-refractivity contribution in [2.24, 2.45) is 0 Å². The molecule has 0 saturated heterocycles. The molecule has 0 fully saturated rings. The molecule has 0 amide bonds. The van der Waals surface area contributed by atoms with Crippen molar-refractivity contribution in [2.45, 2.75) is 13.3 Å². The monoisotopic (exact) mass is 297 g/mol. The summed E-state index contributed by atoms with van der Waals surface area (Å²) < 4.78 is 1.06. The molecular formula is C11H12BrN3S. The second-order valence-electron chi connectivity index (χ2n) is 3.35. The van der Waals surface area contributed by atoms with Crippen LogP contribution in [0, 0.1) is 0 Å². The van der Waals surface area contributed by atoms with Crippen molar-refractivity contribution in [3.05, 3.63) is 28.7 Å².